The maximum Gasteiger partial charge on any atom is 0.293 e. The van der Waals surface area contributed by atoms with Crippen molar-refractivity contribution in [2.75, 3.05) is 0 Å². The van der Waals surface area contributed by atoms with Crippen LogP contribution < -0.4 is 0 Å². The summed E-state index contributed by atoms with van der Waals surface area (Å²) >= 11 is 13.2. The zero-order valence-electron chi connectivity index (χ0n) is 15.7. The summed E-state index contributed by atoms with van der Waals surface area (Å²) in [7, 11) is 0. The lowest BCUT2D eigenvalue weighted by Gasteiger charge is -2.14. The minimum Gasteiger partial charge on any atom is -0.317 e. The van der Waals surface area contributed by atoms with Crippen molar-refractivity contribution in [3.8, 4) is 5.69 Å². The first-order valence-electron chi connectivity index (χ1n) is 8.95. The van der Waals surface area contributed by atoms with Crippen LogP contribution in [0.2, 0.25) is 10.0 Å². The van der Waals surface area contributed by atoms with Crippen LogP contribution in [0.5, 0.6) is 0 Å². The van der Waals surface area contributed by atoms with Crippen LogP contribution in [0.3, 0.4) is 0 Å². The van der Waals surface area contributed by atoms with Crippen molar-refractivity contribution < 1.29 is 14.5 Å². The molecule has 1 aliphatic heterocycles. The zero-order valence-corrected chi connectivity index (χ0v) is 18.0. The van der Waals surface area contributed by atoms with E-state index in [1.165, 1.54) is 12.1 Å². The van der Waals surface area contributed by atoms with Crippen LogP contribution >= 0.6 is 35.0 Å². The van der Waals surface area contributed by atoms with Crippen LogP contribution in [0.4, 0.5) is 10.5 Å². The largest absolute Gasteiger partial charge is 0.317 e. The van der Waals surface area contributed by atoms with Crippen molar-refractivity contribution in [3.05, 3.63) is 97.1 Å². The first-order chi connectivity index (χ1) is 14.8. The average molecular weight is 474 g/mol. The normalized spacial score (nSPS) is 15.2. The number of non-ortho nitro benzene ring substituents is 1. The average Bonchev–Trinajstić information content (AvgIpc) is 3.30. The summed E-state index contributed by atoms with van der Waals surface area (Å²) in [6.07, 6.45) is 3.38. The lowest BCUT2D eigenvalue weighted by atomic mass is 10.2. The molecular weight excluding hydrogens is 461 g/mol. The molecule has 4 rings (SSSR count). The Morgan fingerprint density at radius 1 is 1.00 bits per heavy atom. The molecule has 2 heterocycles. The van der Waals surface area contributed by atoms with Crippen molar-refractivity contribution in [1.82, 2.24) is 9.47 Å². The third-order valence-electron chi connectivity index (χ3n) is 4.65. The van der Waals surface area contributed by atoms with Gasteiger partial charge in [0.15, 0.2) is 0 Å². The standard InChI is InChI=1S/C21H13Cl2N3O4S/c22-17-4-1-5-18(23)16(17)12-25-20(27)19(31-21(25)28)11-15-3-2-10-24(15)13-6-8-14(9-7-13)26(29)30/h1-11H,12H2/b19-11-. The number of halogens is 2. The first kappa shape index (κ1) is 21.2. The van der Waals surface area contributed by atoms with Crippen LogP contribution in [0.25, 0.3) is 11.8 Å². The topological polar surface area (TPSA) is 85.5 Å². The van der Waals surface area contributed by atoms with Crippen LogP contribution in [-0.2, 0) is 11.3 Å². The number of hydrogen-bond donors (Lipinski definition) is 0. The molecular formula is C21H13Cl2N3O4S. The van der Waals surface area contributed by atoms with Gasteiger partial charge in [-0.25, -0.2) is 0 Å². The second kappa shape index (κ2) is 8.58. The van der Waals surface area contributed by atoms with Crippen molar-refractivity contribution in [2.24, 2.45) is 0 Å². The van der Waals surface area contributed by atoms with Gasteiger partial charge in [0.1, 0.15) is 0 Å². The Balaban J connectivity index is 1.61. The summed E-state index contributed by atoms with van der Waals surface area (Å²) < 4.78 is 1.77. The summed E-state index contributed by atoms with van der Waals surface area (Å²) in [6, 6.07) is 14.6. The monoisotopic (exact) mass is 473 g/mol. The van der Waals surface area contributed by atoms with Gasteiger partial charge in [-0.15, -0.1) is 0 Å². The fraction of sp³-hybridized carbons (Fsp3) is 0.0476. The molecule has 3 aromatic rings. The molecule has 0 spiro atoms. The fourth-order valence-electron chi connectivity index (χ4n) is 3.09. The number of rotatable bonds is 5. The van der Waals surface area contributed by atoms with Gasteiger partial charge in [0.05, 0.1) is 16.4 Å². The van der Waals surface area contributed by atoms with E-state index < -0.39 is 16.1 Å². The number of hydrogen-bond acceptors (Lipinski definition) is 5. The Morgan fingerprint density at radius 3 is 2.32 bits per heavy atom. The molecule has 1 fully saturated rings. The van der Waals surface area contributed by atoms with E-state index in [2.05, 4.69) is 0 Å². The van der Waals surface area contributed by atoms with Gasteiger partial charge in [-0.3, -0.25) is 24.6 Å². The number of carbonyl (C=O) groups is 2. The van der Waals surface area contributed by atoms with Crippen molar-refractivity contribution in [2.45, 2.75) is 6.54 Å². The number of nitro benzene ring substituents is 1. The molecule has 1 aromatic heterocycles. The number of nitrogens with zero attached hydrogens (tertiary/aromatic N) is 3. The van der Waals surface area contributed by atoms with Gasteiger partial charge in [0.2, 0.25) is 0 Å². The molecule has 0 atom stereocenters. The molecule has 0 N–H and O–H groups in total. The molecule has 7 nitrogen and oxygen atoms in total. The molecule has 10 heteroatoms. The highest BCUT2D eigenvalue weighted by molar-refractivity contribution is 8.18. The van der Waals surface area contributed by atoms with E-state index in [9.17, 15) is 19.7 Å². The Hall–Kier alpha value is -3.07. The predicted molar refractivity (Wildman–Crippen MR) is 120 cm³/mol. The van der Waals surface area contributed by atoms with Gasteiger partial charge in [0.25, 0.3) is 16.8 Å². The summed E-state index contributed by atoms with van der Waals surface area (Å²) in [5, 5.41) is 11.2. The predicted octanol–water partition coefficient (Wildman–Crippen LogP) is 5.93. The zero-order chi connectivity index (χ0) is 22.1. The molecule has 2 amide bonds. The van der Waals surface area contributed by atoms with Crippen molar-refractivity contribution in [1.29, 1.82) is 0 Å². The van der Waals surface area contributed by atoms with Crippen LogP contribution in [0.1, 0.15) is 11.3 Å². The van der Waals surface area contributed by atoms with Crippen LogP contribution in [0, 0.1) is 10.1 Å². The Kier molecular flexibility index (Phi) is 5.86. The minimum atomic E-state index is -0.471. The number of thioether (sulfide) groups is 1. The van der Waals surface area contributed by atoms with E-state index in [-0.39, 0.29) is 17.1 Å². The maximum atomic E-state index is 12.9. The fourth-order valence-corrected chi connectivity index (χ4v) is 4.43. The minimum absolute atomic E-state index is 0.0168. The Bertz CT molecular complexity index is 1220. The highest BCUT2D eigenvalue weighted by Gasteiger charge is 2.36. The van der Waals surface area contributed by atoms with E-state index in [4.69, 9.17) is 23.2 Å². The number of benzene rings is 2. The number of carbonyl (C=O) groups excluding carboxylic acids is 2. The number of aromatic nitrogens is 1. The SMILES string of the molecule is O=C1S/C(=C\c2cccn2-c2ccc([N+](=O)[O-])cc2)C(=O)N1Cc1c(Cl)cccc1Cl. The summed E-state index contributed by atoms with van der Waals surface area (Å²) in [6.45, 7) is -0.0239. The molecule has 31 heavy (non-hydrogen) atoms. The van der Waals surface area contributed by atoms with Gasteiger partial charge in [-0.2, -0.15) is 0 Å². The molecule has 1 aliphatic rings. The van der Waals surface area contributed by atoms with E-state index in [1.54, 1.807) is 59.3 Å². The van der Waals surface area contributed by atoms with Crippen molar-refractivity contribution in [3.63, 3.8) is 0 Å². The molecule has 0 bridgehead atoms. The smallest absolute Gasteiger partial charge is 0.293 e. The summed E-state index contributed by atoms with van der Waals surface area (Å²) in [4.78, 5) is 37.1. The molecule has 156 valence electrons. The Morgan fingerprint density at radius 2 is 1.68 bits per heavy atom. The Labute approximate surface area is 191 Å². The third kappa shape index (κ3) is 4.23. The summed E-state index contributed by atoms with van der Waals surface area (Å²) in [5.74, 6) is -0.442. The second-order valence-electron chi connectivity index (χ2n) is 6.54. The van der Waals surface area contributed by atoms with Crippen molar-refractivity contribution >= 4 is 57.9 Å². The number of amides is 2. The number of imide groups is 1. The first-order valence-corrected chi connectivity index (χ1v) is 10.5. The van der Waals surface area contributed by atoms with Crippen LogP contribution in [0.15, 0.2) is 65.7 Å². The van der Waals surface area contributed by atoms with E-state index in [0.717, 1.165) is 16.7 Å². The highest BCUT2D eigenvalue weighted by Crippen LogP contribution is 2.36. The number of nitro groups is 1. The van der Waals surface area contributed by atoms with E-state index >= 15 is 0 Å². The molecule has 1 saturated heterocycles. The molecule has 0 unspecified atom stereocenters. The van der Waals surface area contributed by atoms with E-state index in [0.29, 0.717) is 27.0 Å². The molecule has 0 radical (unpaired) electrons. The van der Waals surface area contributed by atoms with Gasteiger partial charge in [-0.05, 0) is 54.2 Å². The van der Waals surface area contributed by atoms with Gasteiger partial charge in [0, 0.05) is 45.3 Å². The maximum absolute atomic E-state index is 12.9. The van der Waals surface area contributed by atoms with Gasteiger partial charge < -0.3 is 4.57 Å². The third-order valence-corrected chi connectivity index (χ3v) is 6.27. The highest BCUT2D eigenvalue weighted by atomic mass is 35.5. The lowest BCUT2D eigenvalue weighted by molar-refractivity contribution is -0.384. The molecule has 0 aliphatic carbocycles. The molecule has 0 saturated carbocycles. The van der Waals surface area contributed by atoms with Gasteiger partial charge >= 0.3 is 0 Å². The van der Waals surface area contributed by atoms with E-state index in [1.807, 2.05) is 0 Å². The summed E-state index contributed by atoms with van der Waals surface area (Å²) in [5.41, 5.74) is 1.82. The molecule has 2 aromatic carbocycles. The second-order valence-corrected chi connectivity index (χ2v) is 8.35. The van der Waals surface area contributed by atoms with Gasteiger partial charge in [-0.1, -0.05) is 29.3 Å². The quantitative estimate of drug-likeness (QED) is 0.260. The lowest BCUT2D eigenvalue weighted by Crippen LogP contribution is -2.27. The van der Waals surface area contributed by atoms with Crippen LogP contribution in [-0.4, -0.2) is 25.5 Å².